The third kappa shape index (κ3) is 40.4. The van der Waals surface area contributed by atoms with Gasteiger partial charge in [0, 0.05) is 19.3 Å². The van der Waals surface area contributed by atoms with Crippen molar-refractivity contribution in [3.05, 3.63) is 0 Å². The second-order valence-corrected chi connectivity index (χ2v) is 31.2. The zero-order chi connectivity index (χ0) is 74.8. The number of hydrogen-bond donors (Lipinski definition) is 11. The number of rotatable bonds is 64. The zero-order valence-electron chi connectivity index (χ0n) is 63.3. The third-order valence-corrected chi connectivity index (χ3v) is 21.5. The summed E-state index contributed by atoms with van der Waals surface area (Å²) in [6, 6.07) is 0. The van der Waals surface area contributed by atoms with Gasteiger partial charge in [0.15, 0.2) is 18.7 Å². The van der Waals surface area contributed by atoms with Crippen LogP contribution >= 0.6 is 7.82 Å². The van der Waals surface area contributed by atoms with Crippen molar-refractivity contribution in [3.8, 4) is 0 Å². The minimum Gasteiger partial charge on any atom is -0.463 e. The molecule has 1 aliphatic carbocycles. The average molecular weight is 1490 g/mol. The van der Waals surface area contributed by atoms with Crippen molar-refractivity contribution >= 4 is 25.7 Å². The number of unbranched alkanes of at least 4 members (excludes halogenated alkanes) is 39. The van der Waals surface area contributed by atoms with E-state index >= 15 is 0 Å². The van der Waals surface area contributed by atoms with Crippen LogP contribution in [0.3, 0.4) is 0 Å². The van der Waals surface area contributed by atoms with Gasteiger partial charge in [-0.15, -0.1) is 0 Å². The predicted molar refractivity (Wildman–Crippen MR) is 388 cm³/mol. The van der Waals surface area contributed by atoms with Crippen LogP contribution in [0.4, 0.5) is 0 Å². The lowest BCUT2D eigenvalue weighted by Crippen LogP contribution is -2.69. The van der Waals surface area contributed by atoms with Gasteiger partial charge in [-0.05, 0) is 25.2 Å². The minimum absolute atomic E-state index is 0.0336. The van der Waals surface area contributed by atoms with Crippen LogP contribution in [-0.2, 0) is 61.2 Å². The van der Waals surface area contributed by atoms with Crippen LogP contribution < -0.4 is 0 Å². The van der Waals surface area contributed by atoms with E-state index in [4.69, 9.17) is 42.2 Å². The molecular formula is C77H145O24P. The molecule has 0 spiro atoms. The van der Waals surface area contributed by atoms with Crippen LogP contribution in [0, 0.1) is 5.92 Å². The summed E-state index contributed by atoms with van der Waals surface area (Å²) in [5, 5.41) is 110. The fourth-order valence-corrected chi connectivity index (χ4v) is 14.8. The normalized spacial score (nSPS) is 27.3. The van der Waals surface area contributed by atoms with Crippen LogP contribution in [0.2, 0.25) is 0 Å². The van der Waals surface area contributed by atoms with Crippen molar-refractivity contribution < 1.29 is 117 Å². The molecule has 19 atom stereocenters. The number of aliphatic hydroxyl groups is 10. The van der Waals surface area contributed by atoms with Crippen LogP contribution in [0.1, 0.15) is 336 Å². The smallest absolute Gasteiger partial charge is 0.463 e. The van der Waals surface area contributed by atoms with Crippen molar-refractivity contribution in [2.24, 2.45) is 5.92 Å². The number of esters is 3. The molecule has 0 radical (unpaired) electrons. The van der Waals surface area contributed by atoms with E-state index in [2.05, 4.69) is 27.7 Å². The second-order valence-electron chi connectivity index (χ2n) is 29.8. The molecule has 602 valence electrons. The first-order valence-corrected chi connectivity index (χ1v) is 42.2. The standard InChI is InChI=1S/C77H145O24P/c1-5-8-11-14-17-19-21-23-25-27-29-30-32-34-40-45-50-61(79)93-54-58(96-63(81)52-47-42-37-36-39-44-49-57(4)48-43-38-16-13-10-7-3)55-95-102(91,92)101-75-73(99-76-71(89)66(84)64(82)59(53-78)97-76)69(87)68(86)70(88)74(75)100-77-72(90)67(85)65(83)60(98-77)56-94-62(80)51-46-41-35-33-31-28-26-24-22-20-18-15-12-9-6-2/h57-60,64-78,82-90H,5-56H2,1-4H3,(H,91,92). The highest BCUT2D eigenvalue weighted by molar-refractivity contribution is 7.47. The number of ether oxygens (including phenoxy) is 7. The lowest BCUT2D eigenvalue weighted by molar-refractivity contribution is -0.360. The first-order chi connectivity index (χ1) is 49.2. The lowest BCUT2D eigenvalue weighted by Gasteiger charge is -2.49. The highest BCUT2D eigenvalue weighted by atomic mass is 31.2. The summed E-state index contributed by atoms with van der Waals surface area (Å²) >= 11 is 0. The Hall–Kier alpha value is -2.04. The van der Waals surface area contributed by atoms with Gasteiger partial charge in [0.2, 0.25) is 0 Å². The van der Waals surface area contributed by atoms with Gasteiger partial charge in [0.05, 0.1) is 13.2 Å². The highest BCUT2D eigenvalue weighted by Gasteiger charge is 2.58. The van der Waals surface area contributed by atoms with Crippen molar-refractivity contribution in [3.63, 3.8) is 0 Å². The van der Waals surface area contributed by atoms with Crippen LogP contribution in [0.5, 0.6) is 0 Å². The maximum atomic E-state index is 14.4. The van der Waals surface area contributed by atoms with Gasteiger partial charge >= 0.3 is 25.7 Å². The van der Waals surface area contributed by atoms with Crippen molar-refractivity contribution in [1.82, 2.24) is 0 Å². The monoisotopic (exact) mass is 1480 g/mol. The molecule has 1 saturated carbocycles. The number of hydrogen-bond acceptors (Lipinski definition) is 23. The molecule has 2 heterocycles. The maximum Gasteiger partial charge on any atom is 0.472 e. The van der Waals surface area contributed by atoms with Gasteiger partial charge in [0.1, 0.15) is 98.7 Å². The number of aliphatic hydroxyl groups excluding tert-OH is 10. The Morgan fingerprint density at radius 2 is 0.686 bits per heavy atom. The first-order valence-electron chi connectivity index (χ1n) is 40.7. The Labute approximate surface area is 612 Å². The van der Waals surface area contributed by atoms with Gasteiger partial charge in [-0.1, -0.05) is 297 Å². The Kier molecular flexibility index (Phi) is 53.5. The van der Waals surface area contributed by atoms with E-state index in [1.165, 1.54) is 180 Å². The van der Waals surface area contributed by atoms with Gasteiger partial charge in [-0.25, -0.2) is 4.57 Å². The molecule has 3 rings (SSSR count). The highest BCUT2D eigenvalue weighted by Crippen LogP contribution is 2.49. The molecular weight excluding hydrogens is 1340 g/mol. The number of phosphoric ester groups is 1. The molecule has 3 fully saturated rings. The SMILES string of the molecule is CCCCCCCCCCCCCCCCCCC(=O)OCC(COP(=O)(O)OC1C(OC2OC(CO)C(O)C(O)C2O)C(O)C(O)C(O)C1OC1OC(COC(=O)CCCCCCCCCCCCCCCCC)C(O)C(O)C1O)OC(=O)CCCCCCCCC(C)CCCCCCCC. The van der Waals surface area contributed by atoms with E-state index in [1.807, 2.05) is 0 Å². The topological polar surface area (TPSA) is 374 Å². The Balaban J connectivity index is 1.71. The molecule has 3 aliphatic rings. The molecule has 2 saturated heterocycles. The van der Waals surface area contributed by atoms with Gasteiger partial charge in [-0.2, -0.15) is 0 Å². The molecule has 11 N–H and O–H groups in total. The predicted octanol–water partition coefficient (Wildman–Crippen LogP) is 12.4. The molecule has 0 aromatic carbocycles. The molecule has 0 bridgehead atoms. The van der Waals surface area contributed by atoms with E-state index in [1.54, 1.807) is 0 Å². The van der Waals surface area contributed by atoms with Gasteiger partial charge in [-0.3, -0.25) is 23.4 Å². The van der Waals surface area contributed by atoms with Crippen LogP contribution in [-0.4, -0.2) is 204 Å². The van der Waals surface area contributed by atoms with Crippen LogP contribution in [0.15, 0.2) is 0 Å². The lowest BCUT2D eigenvalue weighted by atomic mass is 9.84. The molecule has 0 aromatic rings. The van der Waals surface area contributed by atoms with Crippen molar-refractivity contribution in [2.45, 2.75) is 440 Å². The average Bonchev–Trinajstić information content (AvgIpc) is 0.761. The van der Waals surface area contributed by atoms with E-state index in [-0.39, 0.29) is 19.3 Å². The van der Waals surface area contributed by atoms with E-state index < -0.39 is 156 Å². The third-order valence-electron chi connectivity index (χ3n) is 20.5. The minimum atomic E-state index is -5.70. The molecule has 24 nitrogen and oxygen atoms in total. The van der Waals surface area contributed by atoms with E-state index in [0.29, 0.717) is 25.2 Å². The summed E-state index contributed by atoms with van der Waals surface area (Å²) < 4.78 is 65.3. The number of phosphoric acid groups is 1. The summed E-state index contributed by atoms with van der Waals surface area (Å²) in [5.74, 6) is -1.29. The summed E-state index contributed by atoms with van der Waals surface area (Å²) in [6.07, 6.45) is 15.7. The molecule has 19 unspecified atom stereocenters. The molecule has 102 heavy (non-hydrogen) atoms. The fraction of sp³-hybridized carbons (Fsp3) is 0.961. The second kappa shape index (κ2) is 58.0. The van der Waals surface area contributed by atoms with Crippen molar-refractivity contribution in [1.29, 1.82) is 0 Å². The van der Waals surface area contributed by atoms with E-state index in [9.17, 15) is 74.9 Å². The zero-order valence-corrected chi connectivity index (χ0v) is 64.2. The Bertz CT molecular complexity index is 2120. The van der Waals surface area contributed by atoms with Crippen LogP contribution in [0.25, 0.3) is 0 Å². The quantitative estimate of drug-likeness (QED) is 0.0117. The summed E-state index contributed by atoms with van der Waals surface area (Å²) in [6.45, 7) is 5.82. The van der Waals surface area contributed by atoms with Gasteiger partial charge < -0.3 is 89.1 Å². The van der Waals surface area contributed by atoms with Crippen molar-refractivity contribution in [2.75, 3.05) is 26.4 Å². The molecule has 0 aromatic heterocycles. The Morgan fingerprint density at radius 1 is 0.373 bits per heavy atom. The summed E-state index contributed by atoms with van der Waals surface area (Å²) in [5.41, 5.74) is 0. The maximum absolute atomic E-state index is 14.4. The fourth-order valence-electron chi connectivity index (χ4n) is 13.8. The summed E-state index contributed by atoms with van der Waals surface area (Å²) in [7, 11) is -5.70. The molecule has 25 heteroatoms. The number of carbonyl (C=O) groups is 3. The first kappa shape index (κ1) is 94.2. The van der Waals surface area contributed by atoms with E-state index in [0.717, 1.165) is 89.9 Å². The number of carbonyl (C=O) groups excluding carboxylic acids is 3. The Morgan fingerprint density at radius 3 is 1.06 bits per heavy atom. The summed E-state index contributed by atoms with van der Waals surface area (Å²) in [4.78, 5) is 51.2. The van der Waals surface area contributed by atoms with Gasteiger partial charge in [0.25, 0.3) is 0 Å². The molecule has 2 aliphatic heterocycles. The molecule has 0 amide bonds. The largest absolute Gasteiger partial charge is 0.472 e.